The molecular formula is C36H34Cl2F6O9P+. The maximum absolute atomic E-state index is 12.9. The van der Waals surface area contributed by atoms with Crippen LogP contribution in [0.15, 0.2) is 84.9 Å². The first-order chi connectivity index (χ1) is 25.0. The standard InChI is InChI=1S/C36H34Cl2F6O9P/c1-33(2,52-25-11-7-23(8-12-25)50-29-15-5-21(17-27(29)37)35(39,40)41)31(45)19-48-54(47)49-20-32(46)34(3,4)53-26-13-9-24(10-14-26)51-30-16-6-22(18-28(30)38)36(42,43)44/h5-18,31-32,45-46H,19-20H2,1-4H3/q+1. The Bertz CT molecular complexity index is 1750. The second-order valence-corrected chi connectivity index (χ2v) is 14.5. The molecule has 0 spiro atoms. The maximum Gasteiger partial charge on any atom is 0.697 e. The molecule has 0 saturated carbocycles. The highest BCUT2D eigenvalue weighted by Crippen LogP contribution is 2.39. The summed E-state index contributed by atoms with van der Waals surface area (Å²) in [6.45, 7) is 5.25. The van der Waals surface area contributed by atoms with Gasteiger partial charge in [-0.05, 0) is 113 Å². The summed E-state index contributed by atoms with van der Waals surface area (Å²) in [4.78, 5) is 0. The van der Waals surface area contributed by atoms with Crippen LogP contribution in [0.2, 0.25) is 10.0 Å². The third kappa shape index (κ3) is 12.1. The number of aliphatic hydroxyl groups excluding tert-OH is 2. The number of alkyl halides is 6. The monoisotopic (exact) mass is 825 g/mol. The predicted molar refractivity (Wildman–Crippen MR) is 187 cm³/mol. The van der Waals surface area contributed by atoms with Gasteiger partial charge >= 0.3 is 20.6 Å². The van der Waals surface area contributed by atoms with E-state index in [2.05, 4.69) is 0 Å². The lowest BCUT2D eigenvalue weighted by Crippen LogP contribution is -2.45. The van der Waals surface area contributed by atoms with Crippen LogP contribution >= 0.6 is 31.5 Å². The molecule has 0 bridgehead atoms. The number of ether oxygens (including phenoxy) is 4. The molecular weight excluding hydrogens is 792 g/mol. The molecule has 0 amide bonds. The van der Waals surface area contributed by atoms with Crippen LogP contribution in [0.1, 0.15) is 38.8 Å². The van der Waals surface area contributed by atoms with Crippen LogP contribution in [0.5, 0.6) is 34.5 Å². The van der Waals surface area contributed by atoms with Crippen molar-refractivity contribution in [2.75, 3.05) is 13.2 Å². The number of rotatable bonds is 16. The fraction of sp³-hybridized carbons (Fsp3) is 0.333. The Kier molecular flexibility index (Phi) is 13.8. The molecule has 54 heavy (non-hydrogen) atoms. The van der Waals surface area contributed by atoms with Gasteiger partial charge in [0, 0.05) is 4.57 Å². The van der Waals surface area contributed by atoms with Gasteiger partial charge in [-0.3, -0.25) is 0 Å². The van der Waals surface area contributed by atoms with E-state index in [-0.39, 0.29) is 33.0 Å². The highest BCUT2D eigenvalue weighted by Gasteiger charge is 2.37. The first kappa shape index (κ1) is 42.9. The minimum Gasteiger partial charge on any atom is -0.485 e. The van der Waals surface area contributed by atoms with E-state index in [9.17, 15) is 41.1 Å². The van der Waals surface area contributed by atoms with Crippen LogP contribution in [-0.2, 0) is 26.0 Å². The molecule has 0 aromatic heterocycles. The quantitative estimate of drug-likeness (QED) is 0.0842. The van der Waals surface area contributed by atoms with Crippen molar-refractivity contribution in [1.82, 2.24) is 0 Å². The zero-order valence-electron chi connectivity index (χ0n) is 28.9. The third-order valence-corrected chi connectivity index (χ3v) is 8.97. The topological polar surface area (TPSA) is 113 Å². The van der Waals surface area contributed by atoms with Crippen LogP contribution in [0, 0.1) is 0 Å². The molecule has 0 saturated heterocycles. The molecule has 9 nitrogen and oxygen atoms in total. The van der Waals surface area contributed by atoms with Crippen molar-refractivity contribution < 1.29 is 69.1 Å². The van der Waals surface area contributed by atoms with Gasteiger partial charge < -0.3 is 29.2 Å². The van der Waals surface area contributed by atoms with E-state index in [1.54, 1.807) is 27.7 Å². The molecule has 4 aromatic carbocycles. The Morgan fingerprint density at radius 1 is 0.574 bits per heavy atom. The molecule has 2 unspecified atom stereocenters. The number of benzene rings is 4. The second kappa shape index (κ2) is 17.3. The minimum atomic E-state index is -4.55. The average molecular weight is 827 g/mol. The van der Waals surface area contributed by atoms with Gasteiger partial charge in [0.2, 0.25) is 0 Å². The maximum atomic E-state index is 12.9. The van der Waals surface area contributed by atoms with E-state index in [4.69, 9.17) is 51.2 Å². The Balaban J connectivity index is 1.21. The van der Waals surface area contributed by atoms with Crippen molar-refractivity contribution in [3.8, 4) is 34.5 Å². The lowest BCUT2D eigenvalue weighted by molar-refractivity contribution is -0.138. The van der Waals surface area contributed by atoms with Crippen LogP contribution in [0.25, 0.3) is 0 Å². The van der Waals surface area contributed by atoms with E-state index in [1.807, 2.05) is 0 Å². The van der Waals surface area contributed by atoms with Gasteiger partial charge in [-0.25, -0.2) is 0 Å². The van der Waals surface area contributed by atoms with Crippen molar-refractivity contribution in [3.63, 3.8) is 0 Å². The summed E-state index contributed by atoms with van der Waals surface area (Å²) >= 11 is 11.9. The largest absolute Gasteiger partial charge is 0.697 e. The zero-order valence-corrected chi connectivity index (χ0v) is 31.3. The van der Waals surface area contributed by atoms with Crippen LogP contribution < -0.4 is 18.9 Å². The van der Waals surface area contributed by atoms with Crippen LogP contribution in [0.3, 0.4) is 0 Å². The average Bonchev–Trinajstić information content (AvgIpc) is 3.08. The summed E-state index contributed by atoms with van der Waals surface area (Å²) in [6, 6.07) is 17.3. The summed E-state index contributed by atoms with van der Waals surface area (Å²) in [5.41, 5.74) is -4.37. The van der Waals surface area contributed by atoms with Crippen LogP contribution in [-0.4, -0.2) is 46.8 Å². The molecule has 2 atom stereocenters. The highest BCUT2D eigenvalue weighted by molar-refractivity contribution is 7.33. The molecule has 0 aliphatic carbocycles. The summed E-state index contributed by atoms with van der Waals surface area (Å²) in [5, 5.41) is 20.9. The molecule has 4 rings (SSSR count). The summed E-state index contributed by atoms with van der Waals surface area (Å²) in [5.74, 6) is 1.12. The Morgan fingerprint density at radius 2 is 0.889 bits per heavy atom. The normalized spacial score (nSPS) is 13.9. The second-order valence-electron chi connectivity index (χ2n) is 12.7. The van der Waals surface area contributed by atoms with Gasteiger partial charge in [-0.15, -0.1) is 9.05 Å². The van der Waals surface area contributed by atoms with Gasteiger partial charge in [0.1, 0.15) is 71.1 Å². The van der Waals surface area contributed by atoms with E-state index >= 15 is 0 Å². The van der Waals surface area contributed by atoms with Gasteiger partial charge in [-0.1, -0.05) is 23.2 Å². The van der Waals surface area contributed by atoms with Crippen molar-refractivity contribution in [2.45, 2.75) is 63.5 Å². The zero-order chi connectivity index (χ0) is 40.1. The molecule has 2 N–H and O–H groups in total. The molecule has 0 aliphatic rings. The van der Waals surface area contributed by atoms with E-state index in [1.165, 1.54) is 48.5 Å². The third-order valence-electron chi connectivity index (χ3n) is 7.66. The molecule has 0 aliphatic heterocycles. The number of halogens is 8. The van der Waals surface area contributed by atoms with Crippen molar-refractivity contribution >= 4 is 31.5 Å². The molecule has 4 aromatic rings. The molecule has 292 valence electrons. The Morgan fingerprint density at radius 3 is 1.19 bits per heavy atom. The lowest BCUT2D eigenvalue weighted by atomic mass is 10.0. The van der Waals surface area contributed by atoms with Crippen molar-refractivity contribution in [1.29, 1.82) is 0 Å². The summed E-state index contributed by atoms with van der Waals surface area (Å²) < 4.78 is 123. The number of aliphatic hydroxyl groups is 2. The van der Waals surface area contributed by atoms with Crippen LogP contribution in [0.4, 0.5) is 26.3 Å². The van der Waals surface area contributed by atoms with Gasteiger partial charge in [0.05, 0.1) is 21.2 Å². The molecule has 0 fully saturated rings. The van der Waals surface area contributed by atoms with E-state index < -0.39 is 68.4 Å². The van der Waals surface area contributed by atoms with E-state index in [0.29, 0.717) is 11.5 Å². The van der Waals surface area contributed by atoms with Crippen molar-refractivity contribution in [3.05, 3.63) is 106 Å². The molecule has 18 heteroatoms. The van der Waals surface area contributed by atoms with Gasteiger partial charge in [0.25, 0.3) is 0 Å². The van der Waals surface area contributed by atoms with Crippen molar-refractivity contribution in [2.24, 2.45) is 0 Å². The SMILES string of the molecule is CC(C)(Oc1ccc(Oc2ccc(C(F)(F)F)cc2Cl)cc1)C(O)CO[P+](=O)OCC(O)C(C)(C)Oc1ccc(Oc2ccc(C(F)(F)F)cc2Cl)cc1. The smallest absolute Gasteiger partial charge is 0.485 e. The summed E-state index contributed by atoms with van der Waals surface area (Å²) in [6.07, 6.45) is -11.7. The summed E-state index contributed by atoms with van der Waals surface area (Å²) in [7, 11) is -2.80. The minimum absolute atomic E-state index is 0.0116. The fourth-order valence-electron chi connectivity index (χ4n) is 4.37. The number of hydrogen-bond donors (Lipinski definition) is 2. The first-order valence-corrected chi connectivity index (χ1v) is 17.7. The first-order valence-electron chi connectivity index (χ1n) is 15.8. The fourth-order valence-corrected chi connectivity index (χ4v) is 5.41. The van der Waals surface area contributed by atoms with E-state index in [0.717, 1.165) is 36.4 Å². The Hall–Kier alpha value is -3.82. The lowest BCUT2D eigenvalue weighted by Gasteiger charge is -2.30. The predicted octanol–water partition coefficient (Wildman–Crippen LogP) is 11.0. The van der Waals surface area contributed by atoms with Gasteiger partial charge in [-0.2, -0.15) is 26.3 Å². The molecule has 0 radical (unpaired) electrons. The molecule has 0 heterocycles. The Labute approximate surface area is 317 Å². The highest BCUT2D eigenvalue weighted by atomic mass is 35.5. The van der Waals surface area contributed by atoms with Gasteiger partial charge in [0.15, 0.2) is 0 Å². The number of hydrogen-bond acceptors (Lipinski definition) is 9.